The maximum absolute atomic E-state index is 12.7. The van der Waals surface area contributed by atoms with Gasteiger partial charge in [0.2, 0.25) is 0 Å². The van der Waals surface area contributed by atoms with E-state index in [-0.39, 0.29) is 33.7 Å². The Morgan fingerprint density at radius 3 is 2.55 bits per heavy atom. The van der Waals surface area contributed by atoms with Gasteiger partial charge < -0.3 is 14.0 Å². The summed E-state index contributed by atoms with van der Waals surface area (Å²) in [6.07, 6.45) is 10.0. The third-order valence-corrected chi connectivity index (χ3v) is 12.7. The summed E-state index contributed by atoms with van der Waals surface area (Å²) >= 11 is 0. The van der Waals surface area contributed by atoms with Crippen molar-refractivity contribution in [2.45, 2.75) is 91.3 Å². The molecule has 0 N–H and O–H groups in total. The molecule has 0 aromatic heterocycles. The fraction of sp³-hybridized carbons (Fsp3) is 0.769. The molecule has 2 rings (SSSR count). The number of hydrogen-bond donors (Lipinski definition) is 0. The summed E-state index contributed by atoms with van der Waals surface area (Å²) in [5, 5.41) is 0.158. The van der Waals surface area contributed by atoms with Crippen LogP contribution in [0.3, 0.4) is 0 Å². The third-order valence-electron chi connectivity index (χ3n) is 8.15. The summed E-state index contributed by atoms with van der Waals surface area (Å²) in [6.45, 7) is 21.0. The van der Waals surface area contributed by atoms with Gasteiger partial charge in [-0.2, -0.15) is 0 Å². The molecule has 1 fully saturated rings. The molecule has 1 aliphatic heterocycles. The fourth-order valence-electron chi connectivity index (χ4n) is 5.07. The molecule has 31 heavy (non-hydrogen) atoms. The maximum atomic E-state index is 12.7. The van der Waals surface area contributed by atoms with Crippen LogP contribution in [0.1, 0.15) is 73.1 Å². The van der Waals surface area contributed by atoms with Crippen molar-refractivity contribution in [3.8, 4) is 0 Å². The first-order chi connectivity index (χ1) is 14.3. The van der Waals surface area contributed by atoms with Gasteiger partial charge in [0.05, 0.1) is 0 Å². The zero-order chi connectivity index (χ0) is 23.5. The SMILES string of the molecule is C=CC[C@H](CC=O)CC1=C[C@@]2(CCCC(C)(C)[C@H]2CO[Si](C)(C)C(C)(C)C)COC1=O. The van der Waals surface area contributed by atoms with E-state index in [1.165, 1.54) is 0 Å². The zero-order valence-electron chi connectivity index (χ0n) is 20.9. The van der Waals surface area contributed by atoms with E-state index >= 15 is 0 Å². The molecular formula is C26H44O4Si. The lowest BCUT2D eigenvalue weighted by molar-refractivity contribution is -0.150. The molecule has 1 heterocycles. The molecular weight excluding hydrogens is 404 g/mol. The lowest BCUT2D eigenvalue weighted by Gasteiger charge is -2.53. The molecule has 4 nitrogen and oxygen atoms in total. The highest BCUT2D eigenvalue weighted by Crippen LogP contribution is 2.54. The van der Waals surface area contributed by atoms with Gasteiger partial charge in [0.25, 0.3) is 0 Å². The Kier molecular flexibility index (Phi) is 8.19. The number of ether oxygens (including phenoxy) is 1. The molecule has 1 saturated carbocycles. The Morgan fingerprint density at radius 1 is 1.29 bits per heavy atom. The van der Waals surface area contributed by atoms with E-state index in [2.05, 4.69) is 60.4 Å². The fourth-order valence-corrected chi connectivity index (χ4v) is 6.09. The van der Waals surface area contributed by atoms with E-state index in [9.17, 15) is 9.59 Å². The minimum atomic E-state index is -1.89. The Balaban J connectivity index is 2.36. The average molecular weight is 449 g/mol. The number of rotatable bonds is 9. The van der Waals surface area contributed by atoms with Gasteiger partial charge in [-0.25, -0.2) is 4.79 Å². The van der Waals surface area contributed by atoms with Gasteiger partial charge in [-0.3, -0.25) is 0 Å². The number of aldehydes is 1. The standard InChI is InChI=1S/C26H44O4Si/c1-9-11-20(12-15-27)16-21-17-26(19-29-23(21)28)14-10-13-25(5,6)22(26)18-30-31(7,8)24(2,3)4/h9,15,17,20,22H,1,10-14,16,18-19H2,2-8H3/t20-,22-,26+/m1/s1. The first-order valence-electron chi connectivity index (χ1n) is 11.9. The van der Waals surface area contributed by atoms with Crippen LogP contribution in [0.5, 0.6) is 0 Å². The summed E-state index contributed by atoms with van der Waals surface area (Å²) in [5.74, 6) is 0.162. The molecule has 3 atom stereocenters. The molecule has 0 unspecified atom stereocenters. The molecule has 1 spiro atoms. The van der Waals surface area contributed by atoms with Crippen molar-refractivity contribution >= 4 is 20.6 Å². The zero-order valence-corrected chi connectivity index (χ0v) is 21.9. The first kappa shape index (κ1) is 26.1. The number of cyclic esters (lactones) is 1. The van der Waals surface area contributed by atoms with E-state index in [1.807, 2.05) is 6.08 Å². The number of hydrogen-bond acceptors (Lipinski definition) is 4. The molecule has 2 aliphatic rings. The highest BCUT2D eigenvalue weighted by molar-refractivity contribution is 6.74. The minimum Gasteiger partial charge on any atom is -0.461 e. The van der Waals surface area contributed by atoms with Crippen LogP contribution in [0.2, 0.25) is 18.1 Å². The molecule has 1 aliphatic carbocycles. The highest BCUT2D eigenvalue weighted by Gasteiger charge is 2.52. The van der Waals surface area contributed by atoms with Gasteiger partial charge in [0, 0.05) is 24.0 Å². The highest BCUT2D eigenvalue weighted by atomic mass is 28.4. The van der Waals surface area contributed by atoms with Gasteiger partial charge in [-0.1, -0.05) is 53.2 Å². The third kappa shape index (κ3) is 5.98. The minimum absolute atomic E-state index is 0.0995. The van der Waals surface area contributed by atoms with Gasteiger partial charge in [0.15, 0.2) is 8.32 Å². The second-order valence-electron chi connectivity index (χ2n) is 11.9. The van der Waals surface area contributed by atoms with Gasteiger partial charge in [-0.15, -0.1) is 6.58 Å². The average Bonchev–Trinajstić information content (AvgIpc) is 2.63. The van der Waals surface area contributed by atoms with Gasteiger partial charge in [-0.05, 0) is 61.1 Å². The lowest BCUT2D eigenvalue weighted by atomic mass is 9.55. The van der Waals surface area contributed by atoms with Crippen LogP contribution in [0.15, 0.2) is 24.3 Å². The van der Waals surface area contributed by atoms with Crippen LogP contribution < -0.4 is 0 Å². The Bertz CT molecular complexity index is 691. The van der Waals surface area contributed by atoms with E-state index in [1.54, 1.807) is 0 Å². The second-order valence-corrected chi connectivity index (χ2v) is 16.8. The normalized spacial score (nSPS) is 27.4. The molecule has 0 saturated heterocycles. The lowest BCUT2D eigenvalue weighted by Crippen LogP contribution is -2.52. The molecule has 0 bridgehead atoms. The van der Waals surface area contributed by atoms with Crippen molar-refractivity contribution in [3.63, 3.8) is 0 Å². The number of carbonyl (C=O) groups excluding carboxylic acids is 2. The van der Waals surface area contributed by atoms with Crippen LogP contribution in [-0.2, 0) is 18.8 Å². The molecule has 0 aromatic rings. The summed E-state index contributed by atoms with van der Waals surface area (Å²) in [5.41, 5.74) is 0.651. The van der Waals surface area contributed by atoms with Crippen LogP contribution in [0, 0.1) is 22.7 Å². The van der Waals surface area contributed by atoms with E-state index in [0.717, 1.165) is 37.5 Å². The molecule has 0 aromatic carbocycles. The van der Waals surface area contributed by atoms with Crippen LogP contribution in [0.25, 0.3) is 0 Å². The van der Waals surface area contributed by atoms with E-state index in [4.69, 9.17) is 9.16 Å². The van der Waals surface area contributed by atoms with Crippen molar-refractivity contribution in [2.75, 3.05) is 13.2 Å². The smallest absolute Gasteiger partial charge is 0.333 e. The van der Waals surface area contributed by atoms with Gasteiger partial charge >= 0.3 is 5.97 Å². The van der Waals surface area contributed by atoms with Crippen molar-refractivity contribution in [1.29, 1.82) is 0 Å². The summed E-state index contributed by atoms with van der Waals surface area (Å²) < 4.78 is 12.5. The van der Waals surface area contributed by atoms with Crippen molar-refractivity contribution in [3.05, 3.63) is 24.3 Å². The molecule has 0 amide bonds. The Labute approximate surface area is 191 Å². The quantitative estimate of drug-likeness (QED) is 0.175. The van der Waals surface area contributed by atoms with Crippen LogP contribution in [0.4, 0.5) is 0 Å². The number of allylic oxidation sites excluding steroid dienone is 1. The number of carbonyl (C=O) groups is 2. The van der Waals surface area contributed by atoms with Crippen LogP contribution >= 0.6 is 0 Å². The topological polar surface area (TPSA) is 52.6 Å². The van der Waals surface area contributed by atoms with Crippen molar-refractivity contribution in [2.24, 2.45) is 22.7 Å². The number of esters is 1. The predicted molar refractivity (Wildman–Crippen MR) is 129 cm³/mol. The Morgan fingerprint density at radius 2 is 1.97 bits per heavy atom. The van der Waals surface area contributed by atoms with Crippen molar-refractivity contribution < 1.29 is 18.8 Å². The summed E-state index contributed by atoms with van der Waals surface area (Å²) in [4.78, 5) is 23.8. The van der Waals surface area contributed by atoms with Crippen LogP contribution in [-0.4, -0.2) is 33.8 Å². The van der Waals surface area contributed by atoms with Gasteiger partial charge in [0.1, 0.15) is 12.9 Å². The molecule has 176 valence electrons. The summed E-state index contributed by atoms with van der Waals surface area (Å²) in [7, 11) is -1.89. The largest absolute Gasteiger partial charge is 0.461 e. The molecule has 5 heteroatoms. The predicted octanol–water partition coefficient (Wildman–Crippen LogP) is 6.48. The first-order valence-corrected chi connectivity index (χ1v) is 14.8. The van der Waals surface area contributed by atoms with Crippen molar-refractivity contribution in [1.82, 2.24) is 0 Å². The van der Waals surface area contributed by atoms with E-state index in [0.29, 0.717) is 26.1 Å². The maximum Gasteiger partial charge on any atom is 0.333 e. The monoisotopic (exact) mass is 448 g/mol. The molecule has 0 radical (unpaired) electrons. The van der Waals surface area contributed by atoms with E-state index < -0.39 is 8.32 Å². The second kappa shape index (κ2) is 9.74. The Hall–Kier alpha value is -1.20. The summed E-state index contributed by atoms with van der Waals surface area (Å²) in [6, 6.07) is 0.